The zero-order valence-electron chi connectivity index (χ0n) is 10.2. The molecule has 1 aromatic heterocycles. The lowest BCUT2D eigenvalue weighted by atomic mass is 10.00. The van der Waals surface area contributed by atoms with Crippen LogP contribution in [-0.4, -0.2) is 36.1 Å². The summed E-state index contributed by atoms with van der Waals surface area (Å²) in [4.78, 5) is 11.2. The van der Waals surface area contributed by atoms with Gasteiger partial charge in [0.25, 0.3) is 0 Å². The minimum Gasteiger partial charge on any atom is -0.338 e. The minimum atomic E-state index is 0.581. The van der Waals surface area contributed by atoms with Crippen molar-refractivity contribution in [2.75, 3.05) is 25.0 Å². The molecule has 0 spiro atoms. The second-order valence-electron chi connectivity index (χ2n) is 4.44. The van der Waals surface area contributed by atoms with Crippen molar-refractivity contribution in [3.8, 4) is 0 Å². The summed E-state index contributed by atoms with van der Waals surface area (Å²) >= 11 is 3.37. The van der Waals surface area contributed by atoms with Crippen molar-refractivity contribution in [1.29, 1.82) is 0 Å². The maximum Gasteiger partial charge on any atom is 0.225 e. The Morgan fingerprint density at radius 3 is 2.88 bits per heavy atom. The first kappa shape index (κ1) is 12.8. The third-order valence-electron chi connectivity index (χ3n) is 3.22. The van der Waals surface area contributed by atoms with Gasteiger partial charge in [-0.2, -0.15) is 0 Å². The number of nitrogens with one attached hydrogen (secondary N) is 1. The summed E-state index contributed by atoms with van der Waals surface area (Å²) in [5, 5.41) is 3.22. The first-order chi connectivity index (χ1) is 8.31. The highest BCUT2D eigenvalue weighted by Gasteiger charge is 2.23. The van der Waals surface area contributed by atoms with Crippen molar-refractivity contribution in [2.45, 2.75) is 31.7 Å². The number of anilines is 1. The largest absolute Gasteiger partial charge is 0.338 e. The summed E-state index contributed by atoms with van der Waals surface area (Å²) in [7, 11) is 2.00. The monoisotopic (exact) mass is 298 g/mol. The molecule has 0 amide bonds. The third kappa shape index (κ3) is 3.39. The smallest absolute Gasteiger partial charge is 0.225 e. The van der Waals surface area contributed by atoms with Gasteiger partial charge in [0.1, 0.15) is 0 Å². The lowest BCUT2D eigenvalue weighted by Gasteiger charge is -2.35. The zero-order chi connectivity index (χ0) is 12.1. The van der Waals surface area contributed by atoms with Gasteiger partial charge in [-0.3, -0.25) is 0 Å². The number of hydrogen-bond donors (Lipinski definition) is 1. The first-order valence-corrected chi connectivity index (χ1v) is 6.99. The number of hydrogen-bond acceptors (Lipinski definition) is 4. The van der Waals surface area contributed by atoms with E-state index in [1.54, 1.807) is 0 Å². The van der Waals surface area contributed by atoms with Crippen LogP contribution in [0.4, 0.5) is 5.95 Å². The predicted octanol–water partition coefficient (Wildman–Crippen LogP) is 2.21. The lowest BCUT2D eigenvalue weighted by molar-refractivity contribution is 0.427. The van der Waals surface area contributed by atoms with Crippen LogP contribution in [-0.2, 0) is 0 Å². The van der Waals surface area contributed by atoms with Crippen LogP contribution in [0.1, 0.15) is 25.7 Å². The van der Waals surface area contributed by atoms with Crippen LogP contribution in [0.5, 0.6) is 0 Å². The summed E-state index contributed by atoms with van der Waals surface area (Å²) in [6.45, 7) is 2.13. The molecule has 0 saturated carbocycles. The Kier molecular flexibility index (Phi) is 4.74. The van der Waals surface area contributed by atoms with Gasteiger partial charge in [0.2, 0.25) is 5.95 Å². The molecule has 0 radical (unpaired) electrons. The van der Waals surface area contributed by atoms with Crippen LogP contribution in [0.15, 0.2) is 16.9 Å². The molecule has 17 heavy (non-hydrogen) atoms. The molecule has 0 bridgehead atoms. The molecule has 1 atom stereocenters. The molecule has 1 aromatic rings. The minimum absolute atomic E-state index is 0.581. The van der Waals surface area contributed by atoms with Gasteiger partial charge in [-0.25, -0.2) is 9.97 Å². The van der Waals surface area contributed by atoms with E-state index in [2.05, 4.69) is 36.1 Å². The Hall–Kier alpha value is -0.680. The Balaban J connectivity index is 2.07. The average Bonchev–Trinajstić information content (AvgIpc) is 2.38. The van der Waals surface area contributed by atoms with Gasteiger partial charge in [0.05, 0.1) is 4.47 Å². The quantitative estimate of drug-likeness (QED) is 0.925. The molecule has 1 aliphatic rings. The average molecular weight is 299 g/mol. The summed E-state index contributed by atoms with van der Waals surface area (Å²) in [5.41, 5.74) is 0. The van der Waals surface area contributed by atoms with Crippen molar-refractivity contribution in [3.05, 3.63) is 16.9 Å². The predicted molar refractivity (Wildman–Crippen MR) is 73.3 cm³/mol. The van der Waals surface area contributed by atoms with Crippen LogP contribution >= 0.6 is 15.9 Å². The zero-order valence-corrected chi connectivity index (χ0v) is 11.8. The van der Waals surface area contributed by atoms with E-state index in [1.165, 1.54) is 19.3 Å². The third-order valence-corrected chi connectivity index (χ3v) is 3.63. The SMILES string of the molecule is CNCCC1CCCCN1c1ncc(Br)cn1. The molecule has 1 N–H and O–H groups in total. The van der Waals surface area contributed by atoms with E-state index in [0.717, 1.165) is 29.9 Å². The molecule has 1 aliphatic heterocycles. The van der Waals surface area contributed by atoms with E-state index in [1.807, 2.05) is 19.4 Å². The Morgan fingerprint density at radius 1 is 1.41 bits per heavy atom. The fourth-order valence-electron chi connectivity index (χ4n) is 2.33. The van der Waals surface area contributed by atoms with Crippen molar-refractivity contribution in [3.63, 3.8) is 0 Å². The Bertz CT molecular complexity index is 341. The molecular formula is C12H19BrN4. The first-order valence-electron chi connectivity index (χ1n) is 6.20. The molecule has 0 aromatic carbocycles. The van der Waals surface area contributed by atoms with E-state index < -0.39 is 0 Å². The summed E-state index contributed by atoms with van der Waals surface area (Å²) in [6.07, 6.45) is 8.63. The molecular weight excluding hydrogens is 280 g/mol. The summed E-state index contributed by atoms with van der Waals surface area (Å²) in [6, 6.07) is 0.581. The molecule has 2 rings (SSSR count). The molecule has 5 heteroatoms. The van der Waals surface area contributed by atoms with Crippen molar-refractivity contribution >= 4 is 21.9 Å². The van der Waals surface area contributed by atoms with E-state index in [4.69, 9.17) is 0 Å². The summed E-state index contributed by atoms with van der Waals surface area (Å²) < 4.78 is 0.935. The van der Waals surface area contributed by atoms with Gasteiger partial charge in [-0.1, -0.05) is 0 Å². The molecule has 2 heterocycles. The van der Waals surface area contributed by atoms with Crippen LogP contribution in [0.25, 0.3) is 0 Å². The molecule has 1 fully saturated rings. The van der Waals surface area contributed by atoms with Gasteiger partial charge in [0.15, 0.2) is 0 Å². The topological polar surface area (TPSA) is 41.0 Å². The molecule has 94 valence electrons. The van der Waals surface area contributed by atoms with E-state index in [9.17, 15) is 0 Å². The molecule has 1 saturated heterocycles. The van der Waals surface area contributed by atoms with E-state index >= 15 is 0 Å². The maximum atomic E-state index is 4.41. The maximum absolute atomic E-state index is 4.41. The van der Waals surface area contributed by atoms with Crippen molar-refractivity contribution < 1.29 is 0 Å². The normalized spacial score (nSPS) is 20.6. The number of halogens is 1. The summed E-state index contributed by atoms with van der Waals surface area (Å²) in [5.74, 6) is 0.869. The standard InChI is InChI=1S/C12H19BrN4/c1-14-6-5-11-4-2-3-7-17(11)12-15-8-10(13)9-16-12/h8-9,11,14H,2-7H2,1H3. The van der Waals surface area contributed by atoms with Gasteiger partial charge in [0, 0.05) is 25.0 Å². The fourth-order valence-corrected chi connectivity index (χ4v) is 2.53. The van der Waals surface area contributed by atoms with Crippen LogP contribution in [0, 0.1) is 0 Å². The van der Waals surface area contributed by atoms with Gasteiger partial charge in [-0.05, 0) is 55.2 Å². The van der Waals surface area contributed by atoms with Crippen LogP contribution in [0.3, 0.4) is 0 Å². The van der Waals surface area contributed by atoms with Crippen LogP contribution < -0.4 is 10.2 Å². The lowest BCUT2D eigenvalue weighted by Crippen LogP contribution is -2.42. The highest BCUT2D eigenvalue weighted by molar-refractivity contribution is 9.10. The molecule has 4 nitrogen and oxygen atoms in total. The number of aromatic nitrogens is 2. The molecule has 0 aliphatic carbocycles. The van der Waals surface area contributed by atoms with Gasteiger partial charge < -0.3 is 10.2 Å². The second kappa shape index (κ2) is 6.31. The number of nitrogens with zero attached hydrogens (tertiary/aromatic N) is 3. The Morgan fingerprint density at radius 2 is 2.18 bits per heavy atom. The second-order valence-corrected chi connectivity index (χ2v) is 5.35. The highest BCUT2D eigenvalue weighted by atomic mass is 79.9. The van der Waals surface area contributed by atoms with E-state index in [-0.39, 0.29) is 0 Å². The number of rotatable bonds is 4. The van der Waals surface area contributed by atoms with Crippen molar-refractivity contribution in [2.24, 2.45) is 0 Å². The van der Waals surface area contributed by atoms with Gasteiger partial charge >= 0.3 is 0 Å². The molecule has 1 unspecified atom stereocenters. The highest BCUT2D eigenvalue weighted by Crippen LogP contribution is 2.23. The number of piperidine rings is 1. The van der Waals surface area contributed by atoms with Gasteiger partial charge in [-0.15, -0.1) is 0 Å². The van der Waals surface area contributed by atoms with Crippen molar-refractivity contribution in [1.82, 2.24) is 15.3 Å². The fraction of sp³-hybridized carbons (Fsp3) is 0.667. The van der Waals surface area contributed by atoms with E-state index in [0.29, 0.717) is 6.04 Å². The Labute approximate surface area is 111 Å². The van der Waals surface area contributed by atoms with Crippen LogP contribution in [0.2, 0.25) is 0 Å².